The zero-order valence-corrected chi connectivity index (χ0v) is 15.4. The Kier molecular flexibility index (Phi) is 5.36. The van der Waals surface area contributed by atoms with Gasteiger partial charge < -0.3 is 0 Å². The quantitative estimate of drug-likeness (QED) is 0.840. The fraction of sp³-hybridized carbons (Fsp3) is 0.550. The number of benzene rings is 1. The van der Waals surface area contributed by atoms with Crippen molar-refractivity contribution in [3.05, 3.63) is 53.9 Å². The summed E-state index contributed by atoms with van der Waals surface area (Å²) in [6.45, 7) is 4.59. The van der Waals surface area contributed by atoms with E-state index in [1.807, 2.05) is 17.9 Å². The van der Waals surface area contributed by atoms with Crippen LogP contribution in [0.2, 0.25) is 0 Å². The molecule has 1 aliphatic heterocycles. The summed E-state index contributed by atoms with van der Waals surface area (Å²) in [5, 5.41) is 4.40. The van der Waals surface area contributed by atoms with Gasteiger partial charge in [-0.25, -0.2) is 0 Å². The molecule has 3 atom stereocenters. The largest absolute Gasteiger partial charge is 0.299 e. The van der Waals surface area contributed by atoms with Crippen LogP contribution in [-0.2, 0) is 7.05 Å². The first-order chi connectivity index (χ1) is 11.6. The molecular formula is C20H30N4. The third-order valence-corrected chi connectivity index (χ3v) is 5.54. The maximum absolute atomic E-state index is 4.40. The summed E-state index contributed by atoms with van der Waals surface area (Å²) in [6.07, 6.45) is 6.79. The third kappa shape index (κ3) is 3.70. The molecule has 0 unspecified atom stereocenters. The van der Waals surface area contributed by atoms with Gasteiger partial charge in [-0.1, -0.05) is 30.3 Å². The highest BCUT2D eigenvalue weighted by molar-refractivity contribution is 5.18. The Hall–Kier alpha value is -1.65. The first kappa shape index (κ1) is 17.2. The van der Waals surface area contributed by atoms with Crippen molar-refractivity contribution in [2.75, 3.05) is 27.2 Å². The fourth-order valence-corrected chi connectivity index (χ4v) is 4.08. The van der Waals surface area contributed by atoms with E-state index in [9.17, 15) is 0 Å². The van der Waals surface area contributed by atoms with E-state index in [4.69, 9.17) is 0 Å². The monoisotopic (exact) mass is 326 g/mol. The second-order valence-corrected chi connectivity index (χ2v) is 7.30. The smallest absolute Gasteiger partial charge is 0.0537 e. The van der Waals surface area contributed by atoms with Crippen molar-refractivity contribution in [2.24, 2.45) is 13.0 Å². The minimum absolute atomic E-state index is 0.438. The van der Waals surface area contributed by atoms with Gasteiger partial charge in [0.15, 0.2) is 0 Å². The van der Waals surface area contributed by atoms with Crippen LogP contribution in [0, 0.1) is 5.92 Å². The van der Waals surface area contributed by atoms with Crippen LogP contribution < -0.4 is 0 Å². The maximum Gasteiger partial charge on any atom is 0.0537 e. The lowest BCUT2D eigenvalue weighted by molar-refractivity contribution is 0.0839. The molecule has 1 saturated heterocycles. The number of hydrogen-bond acceptors (Lipinski definition) is 3. The van der Waals surface area contributed by atoms with Crippen LogP contribution in [-0.4, -0.2) is 46.8 Å². The van der Waals surface area contributed by atoms with Crippen LogP contribution in [0.1, 0.15) is 43.0 Å². The Balaban J connectivity index is 1.74. The van der Waals surface area contributed by atoms with E-state index in [-0.39, 0.29) is 0 Å². The second kappa shape index (κ2) is 7.49. The molecule has 0 spiro atoms. The minimum atomic E-state index is 0.438. The highest BCUT2D eigenvalue weighted by Crippen LogP contribution is 2.36. The Bertz CT molecular complexity index is 636. The van der Waals surface area contributed by atoms with Gasteiger partial charge in [0.25, 0.3) is 0 Å². The van der Waals surface area contributed by atoms with Gasteiger partial charge in [0.2, 0.25) is 0 Å². The number of aromatic nitrogens is 2. The molecule has 2 heterocycles. The van der Waals surface area contributed by atoms with Crippen molar-refractivity contribution in [1.29, 1.82) is 0 Å². The lowest BCUT2D eigenvalue weighted by atomic mass is 9.85. The van der Waals surface area contributed by atoms with E-state index in [1.54, 1.807) is 0 Å². The van der Waals surface area contributed by atoms with Crippen molar-refractivity contribution >= 4 is 0 Å². The molecule has 0 radical (unpaired) electrons. The van der Waals surface area contributed by atoms with Crippen molar-refractivity contribution < 1.29 is 0 Å². The van der Waals surface area contributed by atoms with Crippen molar-refractivity contribution in [3.8, 4) is 0 Å². The molecule has 0 N–H and O–H groups in total. The van der Waals surface area contributed by atoms with E-state index >= 15 is 0 Å². The molecule has 0 bridgehead atoms. The zero-order chi connectivity index (χ0) is 17.1. The van der Waals surface area contributed by atoms with Gasteiger partial charge >= 0.3 is 0 Å². The summed E-state index contributed by atoms with van der Waals surface area (Å²) in [5.74, 6) is 0.643. The fourth-order valence-electron chi connectivity index (χ4n) is 4.08. The van der Waals surface area contributed by atoms with Crippen LogP contribution >= 0.6 is 0 Å². The molecule has 0 aliphatic carbocycles. The highest BCUT2D eigenvalue weighted by atomic mass is 15.3. The number of piperidine rings is 1. The molecule has 1 aromatic heterocycles. The van der Waals surface area contributed by atoms with Crippen molar-refractivity contribution in [3.63, 3.8) is 0 Å². The summed E-state index contributed by atoms with van der Waals surface area (Å²) in [4.78, 5) is 5.01. The molecule has 1 aliphatic rings. The molecule has 1 aromatic carbocycles. The third-order valence-electron chi connectivity index (χ3n) is 5.54. The Morgan fingerprint density at radius 3 is 2.67 bits per heavy atom. The molecule has 2 aromatic rings. The number of aryl methyl sites for hydroxylation is 1. The molecule has 1 fully saturated rings. The molecular weight excluding hydrogens is 296 g/mol. The summed E-state index contributed by atoms with van der Waals surface area (Å²) in [6, 6.07) is 11.7. The Labute approximate surface area is 146 Å². The average Bonchev–Trinajstić information content (AvgIpc) is 3.01. The lowest BCUT2D eigenvalue weighted by Gasteiger charge is -2.41. The zero-order valence-electron chi connectivity index (χ0n) is 15.4. The lowest BCUT2D eigenvalue weighted by Crippen LogP contribution is -2.41. The van der Waals surface area contributed by atoms with Crippen LogP contribution in [0.5, 0.6) is 0 Å². The van der Waals surface area contributed by atoms with Crippen LogP contribution in [0.15, 0.2) is 42.7 Å². The molecule has 3 rings (SSSR count). The predicted octanol–water partition coefficient (Wildman–Crippen LogP) is 3.50. The molecule has 4 nitrogen and oxygen atoms in total. The number of rotatable bonds is 5. The van der Waals surface area contributed by atoms with Gasteiger partial charge in [-0.15, -0.1) is 0 Å². The van der Waals surface area contributed by atoms with Gasteiger partial charge in [-0.3, -0.25) is 14.5 Å². The van der Waals surface area contributed by atoms with Crippen LogP contribution in [0.4, 0.5) is 0 Å². The van der Waals surface area contributed by atoms with Gasteiger partial charge in [0, 0.05) is 37.4 Å². The van der Waals surface area contributed by atoms with E-state index in [1.165, 1.54) is 30.5 Å². The number of nitrogens with zero attached hydrogens (tertiary/aromatic N) is 4. The van der Waals surface area contributed by atoms with E-state index in [0.717, 1.165) is 6.54 Å². The second-order valence-electron chi connectivity index (χ2n) is 7.30. The van der Waals surface area contributed by atoms with E-state index in [2.05, 4.69) is 72.4 Å². The topological polar surface area (TPSA) is 24.3 Å². The molecule has 24 heavy (non-hydrogen) atoms. The molecule has 0 saturated carbocycles. The summed E-state index contributed by atoms with van der Waals surface area (Å²) >= 11 is 0. The van der Waals surface area contributed by atoms with Gasteiger partial charge in [0.1, 0.15) is 0 Å². The van der Waals surface area contributed by atoms with Gasteiger partial charge in [-0.2, -0.15) is 5.10 Å². The predicted molar refractivity (Wildman–Crippen MR) is 98.8 cm³/mol. The summed E-state index contributed by atoms with van der Waals surface area (Å²) in [5.41, 5.74) is 2.74. The maximum atomic E-state index is 4.40. The van der Waals surface area contributed by atoms with Crippen LogP contribution in [0.25, 0.3) is 0 Å². The normalized spacial score (nSPS) is 23.5. The Morgan fingerprint density at radius 2 is 2.00 bits per heavy atom. The Morgan fingerprint density at radius 1 is 1.25 bits per heavy atom. The van der Waals surface area contributed by atoms with E-state index in [0.29, 0.717) is 18.0 Å². The number of hydrogen-bond donors (Lipinski definition) is 0. The molecule has 0 amide bonds. The molecule has 4 heteroatoms. The van der Waals surface area contributed by atoms with Gasteiger partial charge in [0.05, 0.1) is 6.20 Å². The minimum Gasteiger partial charge on any atom is -0.299 e. The highest BCUT2D eigenvalue weighted by Gasteiger charge is 2.32. The number of likely N-dealkylation sites (tertiary alicyclic amines) is 1. The van der Waals surface area contributed by atoms with Crippen molar-refractivity contribution in [2.45, 2.75) is 31.8 Å². The van der Waals surface area contributed by atoms with E-state index < -0.39 is 0 Å². The first-order valence-electron chi connectivity index (χ1n) is 9.00. The van der Waals surface area contributed by atoms with Gasteiger partial charge in [-0.05, 0) is 51.9 Å². The average molecular weight is 326 g/mol. The van der Waals surface area contributed by atoms with Crippen LogP contribution in [0.3, 0.4) is 0 Å². The molecule has 130 valence electrons. The first-order valence-corrected chi connectivity index (χ1v) is 9.00. The SMILES string of the molecule is C[C@@H](c1ccccc1)N(C)C[C@@H]1CCCN(C)[C@H]1c1cnn(C)c1. The summed E-state index contributed by atoms with van der Waals surface area (Å²) < 4.78 is 1.92. The van der Waals surface area contributed by atoms with Crippen molar-refractivity contribution in [1.82, 2.24) is 19.6 Å². The summed E-state index contributed by atoms with van der Waals surface area (Å²) in [7, 11) is 6.52. The standard InChI is InChI=1S/C20H30N4/c1-16(17-9-6-5-7-10-17)23(3)14-18-11-8-12-22(2)20(18)19-13-21-24(4)15-19/h5-7,9-10,13,15-16,18,20H,8,11-12,14H2,1-4H3/t16-,18-,20+/m0/s1.